The van der Waals surface area contributed by atoms with Crippen LogP contribution in [-0.2, 0) is 14.8 Å². The van der Waals surface area contributed by atoms with Crippen LogP contribution >= 0.6 is 0 Å². The zero-order valence-electron chi connectivity index (χ0n) is 17.4. The molecule has 2 amide bonds. The highest BCUT2D eigenvalue weighted by Crippen LogP contribution is 2.32. The summed E-state index contributed by atoms with van der Waals surface area (Å²) >= 11 is 0. The number of hydrogen-bond donors (Lipinski definition) is 2. The summed E-state index contributed by atoms with van der Waals surface area (Å²) in [5.41, 5.74) is 0. The summed E-state index contributed by atoms with van der Waals surface area (Å²) < 4.78 is 32.4. The smallest absolute Gasteiger partial charge is 0.318 e. The van der Waals surface area contributed by atoms with E-state index in [9.17, 15) is 13.2 Å². The number of carbonyl (C=O) groups is 1. The lowest BCUT2D eigenvalue weighted by Crippen LogP contribution is -2.53. The lowest BCUT2D eigenvalue weighted by molar-refractivity contribution is -0.0113. The van der Waals surface area contributed by atoms with Crippen LogP contribution in [0.25, 0.3) is 0 Å². The van der Waals surface area contributed by atoms with Gasteiger partial charge in [-0.15, -0.1) is 0 Å². The molecule has 1 saturated heterocycles. The van der Waals surface area contributed by atoms with E-state index in [1.54, 1.807) is 4.90 Å². The number of amides is 2. The molecule has 7 nitrogen and oxygen atoms in total. The van der Waals surface area contributed by atoms with Crippen LogP contribution in [0.1, 0.15) is 59.8 Å². The Hall–Kier alpha value is -0.860. The predicted octanol–water partition coefficient (Wildman–Crippen LogP) is 2.33. The first-order chi connectivity index (χ1) is 12.6. The van der Waals surface area contributed by atoms with Crippen molar-refractivity contribution < 1.29 is 17.9 Å². The Morgan fingerprint density at radius 1 is 1.22 bits per heavy atom. The van der Waals surface area contributed by atoms with E-state index in [2.05, 4.69) is 23.9 Å². The van der Waals surface area contributed by atoms with Crippen molar-refractivity contribution in [2.45, 2.75) is 84.0 Å². The normalized spacial score (nSPS) is 32.1. The first-order valence-corrected chi connectivity index (χ1v) is 12.2. The maximum absolute atomic E-state index is 12.5. The fourth-order valence-corrected chi connectivity index (χ4v) is 5.31. The zero-order valence-corrected chi connectivity index (χ0v) is 18.2. The van der Waals surface area contributed by atoms with E-state index >= 15 is 0 Å². The lowest BCUT2D eigenvalue weighted by atomic mass is 9.80. The van der Waals surface area contributed by atoms with E-state index in [0.29, 0.717) is 25.5 Å². The molecule has 0 aromatic carbocycles. The van der Waals surface area contributed by atoms with Crippen molar-refractivity contribution in [3.8, 4) is 0 Å². The molecule has 3 unspecified atom stereocenters. The fraction of sp³-hybridized carbons (Fsp3) is 0.947. The van der Waals surface area contributed by atoms with Crippen molar-refractivity contribution in [3.05, 3.63) is 0 Å². The molecule has 0 spiro atoms. The Balaban J connectivity index is 2.01. The summed E-state index contributed by atoms with van der Waals surface area (Å²) in [7, 11) is -3.35. The molecule has 1 saturated carbocycles. The highest BCUT2D eigenvalue weighted by Gasteiger charge is 2.43. The van der Waals surface area contributed by atoms with E-state index in [1.165, 1.54) is 12.8 Å². The summed E-state index contributed by atoms with van der Waals surface area (Å²) in [6.07, 6.45) is 6.39. The predicted molar refractivity (Wildman–Crippen MR) is 107 cm³/mol. The molecule has 1 aliphatic heterocycles. The van der Waals surface area contributed by atoms with Crippen LogP contribution in [0.2, 0.25) is 0 Å². The maximum Gasteiger partial charge on any atom is 0.318 e. The molecule has 8 heteroatoms. The SMILES string of the molecule is CCNC(=O)N1C(C)CC(NS(C)(=O)=O)C1COC1CCC(C(C)C)CC1. The highest BCUT2D eigenvalue weighted by molar-refractivity contribution is 7.88. The number of ether oxygens (including phenoxy) is 1. The molecule has 0 aromatic rings. The molecule has 27 heavy (non-hydrogen) atoms. The number of likely N-dealkylation sites (tertiary alicyclic amines) is 1. The molecule has 0 aromatic heterocycles. The number of rotatable bonds is 7. The van der Waals surface area contributed by atoms with Gasteiger partial charge in [0.05, 0.1) is 25.0 Å². The van der Waals surface area contributed by atoms with Crippen LogP contribution in [0.15, 0.2) is 0 Å². The second kappa shape index (κ2) is 9.56. The van der Waals surface area contributed by atoms with Gasteiger partial charge in [-0.1, -0.05) is 13.8 Å². The summed E-state index contributed by atoms with van der Waals surface area (Å²) in [6, 6.07) is -0.797. The van der Waals surface area contributed by atoms with Gasteiger partial charge in [0.1, 0.15) is 0 Å². The number of sulfonamides is 1. The molecule has 0 bridgehead atoms. The number of urea groups is 1. The third kappa shape index (κ3) is 6.32. The summed E-state index contributed by atoms with van der Waals surface area (Å²) in [5, 5.41) is 2.84. The second-order valence-corrected chi connectivity index (χ2v) is 10.3. The zero-order chi connectivity index (χ0) is 20.2. The summed E-state index contributed by atoms with van der Waals surface area (Å²) in [5.74, 6) is 1.47. The number of carbonyl (C=O) groups excluding carboxylic acids is 1. The molecule has 2 rings (SSSR count). The van der Waals surface area contributed by atoms with E-state index < -0.39 is 10.0 Å². The lowest BCUT2D eigenvalue weighted by Gasteiger charge is -2.34. The van der Waals surface area contributed by atoms with Crippen molar-refractivity contribution in [1.82, 2.24) is 14.9 Å². The minimum absolute atomic E-state index is 0.0407. The third-order valence-corrected chi connectivity index (χ3v) is 6.71. The van der Waals surface area contributed by atoms with Crippen LogP contribution in [0.5, 0.6) is 0 Å². The minimum Gasteiger partial charge on any atom is -0.376 e. The number of nitrogens with one attached hydrogen (secondary N) is 2. The topological polar surface area (TPSA) is 87.7 Å². The molecular formula is C19H37N3O4S. The number of hydrogen-bond acceptors (Lipinski definition) is 4. The number of nitrogens with zero attached hydrogens (tertiary/aromatic N) is 1. The van der Waals surface area contributed by atoms with Crippen molar-refractivity contribution in [3.63, 3.8) is 0 Å². The Morgan fingerprint density at radius 2 is 1.85 bits per heavy atom. The van der Waals surface area contributed by atoms with E-state index in [0.717, 1.165) is 25.0 Å². The van der Waals surface area contributed by atoms with Crippen molar-refractivity contribution in [1.29, 1.82) is 0 Å². The quantitative estimate of drug-likeness (QED) is 0.683. The Bertz CT molecular complexity index is 588. The highest BCUT2D eigenvalue weighted by atomic mass is 32.2. The fourth-order valence-electron chi connectivity index (χ4n) is 4.51. The molecule has 0 radical (unpaired) electrons. The standard InChI is InChI=1S/C19H37N3O4S/c1-6-20-19(23)22-14(4)11-17(21-27(5,24)25)18(22)12-26-16-9-7-15(8-10-16)13(2)3/h13-18,21H,6-12H2,1-5H3,(H,20,23). The van der Waals surface area contributed by atoms with E-state index in [1.807, 2.05) is 13.8 Å². The molecule has 1 heterocycles. The van der Waals surface area contributed by atoms with Gasteiger partial charge < -0.3 is 15.0 Å². The largest absolute Gasteiger partial charge is 0.376 e. The van der Waals surface area contributed by atoms with Crippen LogP contribution in [0.4, 0.5) is 4.79 Å². The van der Waals surface area contributed by atoms with E-state index in [4.69, 9.17) is 4.74 Å². The van der Waals surface area contributed by atoms with Gasteiger partial charge in [-0.25, -0.2) is 17.9 Å². The Labute approximate surface area is 164 Å². The van der Waals surface area contributed by atoms with Crippen LogP contribution < -0.4 is 10.0 Å². The second-order valence-electron chi connectivity index (χ2n) is 8.51. The first-order valence-electron chi connectivity index (χ1n) is 10.3. The average molecular weight is 404 g/mol. The van der Waals surface area contributed by atoms with Crippen LogP contribution in [0, 0.1) is 11.8 Å². The molecule has 2 fully saturated rings. The molecular weight excluding hydrogens is 366 g/mol. The maximum atomic E-state index is 12.5. The van der Waals surface area contributed by atoms with Gasteiger partial charge in [0.25, 0.3) is 0 Å². The van der Waals surface area contributed by atoms with Crippen molar-refractivity contribution in [2.75, 3.05) is 19.4 Å². The molecule has 2 aliphatic rings. The molecule has 2 N–H and O–H groups in total. The van der Waals surface area contributed by atoms with Gasteiger partial charge in [0, 0.05) is 18.6 Å². The monoisotopic (exact) mass is 403 g/mol. The van der Waals surface area contributed by atoms with Gasteiger partial charge in [0.15, 0.2) is 0 Å². The molecule has 3 atom stereocenters. The minimum atomic E-state index is -3.35. The van der Waals surface area contributed by atoms with Gasteiger partial charge in [-0.3, -0.25) is 0 Å². The Morgan fingerprint density at radius 3 is 2.37 bits per heavy atom. The Kier molecular flexibility index (Phi) is 7.94. The van der Waals surface area contributed by atoms with Crippen LogP contribution in [0.3, 0.4) is 0 Å². The van der Waals surface area contributed by atoms with Gasteiger partial charge >= 0.3 is 6.03 Å². The van der Waals surface area contributed by atoms with Crippen LogP contribution in [-0.4, -0.2) is 63.0 Å². The molecule has 158 valence electrons. The van der Waals surface area contributed by atoms with E-state index in [-0.39, 0.29) is 30.3 Å². The summed E-state index contributed by atoms with van der Waals surface area (Å²) in [4.78, 5) is 14.3. The van der Waals surface area contributed by atoms with Gasteiger partial charge in [0.2, 0.25) is 10.0 Å². The van der Waals surface area contributed by atoms with Crippen molar-refractivity contribution >= 4 is 16.1 Å². The summed E-state index contributed by atoms with van der Waals surface area (Å²) in [6.45, 7) is 9.29. The third-order valence-electron chi connectivity index (χ3n) is 5.98. The van der Waals surface area contributed by atoms with Crippen molar-refractivity contribution in [2.24, 2.45) is 11.8 Å². The van der Waals surface area contributed by atoms with Gasteiger partial charge in [-0.2, -0.15) is 0 Å². The average Bonchev–Trinajstić information content (AvgIpc) is 2.86. The van der Waals surface area contributed by atoms with Gasteiger partial charge in [-0.05, 0) is 57.8 Å². The molecule has 1 aliphatic carbocycles. The first kappa shape index (κ1) is 22.4.